The molecule has 4 heteroatoms. The number of nitrogens with zero attached hydrogens (tertiary/aromatic N) is 1. The van der Waals surface area contributed by atoms with Crippen molar-refractivity contribution in [2.45, 2.75) is 57.9 Å². The lowest BCUT2D eigenvalue weighted by atomic mass is 9.95. The van der Waals surface area contributed by atoms with Crippen LogP contribution in [0.25, 0.3) is 11.1 Å². The molecule has 116 valence electrons. The van der Waals surface area contributed by atoms with E-state index in [1.165, 1.54) is 18.4 Å². The van der Waals surface area contributed by atoms with E-state index in [-0.39, 0.29) is 6.61 Å². The van der Waals surface area contributed by atoms with Crippen LogP contribution in [0.1, 0.15) is 51.0 Å². The minimum absolute atomic E-state index is 0.000775. The molecule has 3 N–H and O–H groups in total. The SMILES string of the molecule is CCCCCc1nc2cc(CCC(C)(N)CO)ccc2o1. The first-order valence-electron chi connectivity index (χ1n) is 7.82. The molecule has 2 aromatic rings. The van der Waals surface area contributed by atoms with Crippen molar-refractivity contribution in [2.24, 2.45) is 5.73 Å². The summed E-state index contributed by atoms with van der Waals surface area (Å²) in [5, 5.41) is 9.20. The number of aryl methyl sites for hydroxylation is 2. The highest BCUT2D eigenvalue weighted by atomic mass is 16.3. The predicted molar refractivity (Wildman–Crippen MR) is 85.2 cm³/mol. The first-order valence-corrected chi connectivity index (χ1v) is 7.82. The maximum absolute atomic E-state index is 9.20. The van der Waals surface area contributed by atoms with Crippen LogP contribution in [0, 0.1) is 0 Å². The van der Waals surface area contributed by atoms with Crippen LogP contribution < -0.4 is 5.73 Å². The Morgan fingerprint density at radius 3 is 2.81 bits per heavy atom. The van der Waals surface area contributed by atoms with Gasteiger partial charge in [-0.25, -0.2) is 4.98 Å². The molecule has 1 aromatic carbocycles. The van der Waals surface area contributed by atoms with Crippen LogP contribution in [0.4, 0.5) is 0 Å². The van der Waals surface area contributed by atoms with Crippen molar-refractivity contribution < 1.29 is 9.52 Å². The second-order valence-electron chi connectivity index (χ2n) is 6.18. The van der Waals surface area contributed by atoms with Crippen LogP contribution >= 0.6 is 0 Å². The number of aliphatic hydroxyl groups excluding tert-OH is 1. The summed E-state index contributed by atoms with van der Waals surface area (Å²) >= 11 is 0. The molecule has 0 saturated heterocycles. The van der Waals surface area contributed by atoms with Gasteiger partial charge in [0.1, 0.15) is 5.52 Å². The van der Waals surface area contributed by atoms with Crippen molar-refractivity contribution in [1.82, 2.24) is 4.98 Å². The lowest BCUT2D eigenvalue weighted by molar-refractivity contribution is 0.200. The van der Waals surface area contributed by atoms with E-state index in [0.717, 1.165) is 42.7 Å². The largest absolute Gasteiger partial charge is 0.441 e. The van der Waals surface area contributed by atoms with Gasteiger partial charge < -0.3 is 15.3 Å². The van der Waals surface area contributed by atoms with Crippen LogP contribution in [-0.2, 0) is 12.8 Å². The third-order valence-electron chi connectivity index (χ3n) is 3.84. The second-order valence-corrected chi connectivity index (χ2v) is 6.18. The fraction of sp³-hybridized carbons (Fsp3) is 0.588. The average molecular weight is 290 g/mol. The lowest BCUT2D eigenvalue weighted by Crippen LogP contribution is -2.40. The summed E-state index contributed by atoms with van der Waals surface area (Å²) in [6.45, 7) is 4.06. The molecule has 21 heavy (non-hydrogen) atoms. The molecule has 0 bridgehead atoms. The summed E-state index contributed by atoms with van der Waals surface area (Å²) in [6.07, 6.45) is 6.02. The third-order valence-corrected chi connectivity index (χ3v) is 3.84. The number of fused-ring (bicyclic) bond motifs is 1. The zero-order valence-corrected chi connectivity index (χ0v) is 13.1. The standard InChI is InChI=1S/C17H26N2O2/c1-3-4-5-6-16-19-14-11-13(7-8-15(14)21-16)9-10-17(2,18)12-20/h7-8,11,20H,3-6,9-10,12,18H2,1-2H3. The van der Waals surface area contributed by atoms with Crippen molar-refractivity contribution in [3.8, 4) is 0 Å². The minimum Gasteiger partial charge on any atom is -0.441 e. The summed E-state index contributed by atoms with van der Waals surface area (Å²) in [6, 6.07) is 6.10. The number of oxazole rings is 1. The molecule has 1 unspecified atom stereocenters. The van der Waals surface area contributed by atoms with Gasteiger partial charge in [0.05, 0.1) is 6.61 Å². The maximum Gasteiger partial charge on any atom is 0.195 e. The molecular weight excluding hydrogens is 264 g/mol. The Balaban J connectivity index is 2.03. The van der Waals surface area contributed by atoms with Gasteiger partial charge in [0.15, 0.2) is 11.5 Å². The molecule has 0 aliphatic rings. The molecule has 0 aliphatic carbocycles. The molecule has 1 atom stereocenters. The van der Waals surface area contributed by atoms with Crippen molar-refractivity contribution in [2.75, 3.05) is 6.61 Å². The summed E-state index contributed by atoms with van der Waals surface area (Å²) in [4.78, 5) is 4.56. The first kappa shape index (κ1) is 16.0. The van der Waals surface area contributed by atoms with E-state index in [9.17, 15) is 5.11 Å². The molecule has 1 heterocycles. The quantitative estimate of drug-likeness (QED) is 0.732. The Hall–Kier alpha value is -1.39. The Labute approximate surface area is 126 Å². The van der Waals surface area contributed by atoms with E-state index < -0.39 is 5.54 Å². The van der Waals surface area contributed by atoms with Gasteiger partial charge in [-0.3, -0.25) is 0 Å². The Kier molecular flexibility index (Phi) is 5.37. The maximum atomic E-state index is 9.20. The Morgan fingerprint density at radius 1 is 1.29 bits per heavy atom. The number of aromatic nitrogens is 1. The van der Waals surface area contributed by atoms with Crippen LogP contribution in [0.5, 0.6) is 0 Å². The number of hydrogen-bond acceptors (Lipinski definition) is 4. The monoisotopic (exact) mass is 290 g/mol. The number of rotatable bonds is 8. The normalized spacial score (nSPS) is 14.5. The van der Waals surface area contributed by atoms with Gasteiger partial charge in [-0.05, 0) is 43.9 Å². The highest BCUT2D eigenvalue weighted by molar-refractivity contribution is 5.73. The zero-order valence-electron chi connectivity index (χ0n) is 13.1. The lowest BCUT2D eigenvalue weighted by Gasteiger charge is -2.21. The number of nitrogens with two attached hydrogens (primary N) is 1. The Morgan fingerprint density at radius 2 is 2.10 bits per heavy atom. The van der Waals surface area contributed by atoms with E-state index in [2.05, 4.69) is 24.0 Å². The van der Waals surface area contributed by atoms with Gasteiger partial charge in [-0.1, -0.05) is 25.8 Å². The number of unbranched alkanes of at least 4 members (excludes halogenated alkanes) is 2. The molecule has 1 aromatic heterocycles. The van der Waals surface area contributed by atoms with Gasteiger partial charge >= 0.3 is 0 Å². The molecule has 4 nitrogen and oxygen atoms in total. The van der Waals surface area contributed by atoms with E-state index in [1.54, 1.807) is 0 Å². The molecule has 2 rings (SSSR count). The van der Waals surface area contributed by atoms with E-state index in [0.29, 0.717) is 0 Å². The second kappa shape index (κ2) is 7.05. The average Bonchev–Trinajstić information content (AvgIpc) is 2.87. The Bertz CT molecular complexity index is 575. The van der Waals surface area contributed by atoms with Crippen molar-refractivity contribution in [3.63, 3.8) is 0 Å². The molecule has 0 spiro atoms. The molecule has 0 radical (unpaired) electrons. The van der Waals surface area contributed by atoms with Crippen molar-refractivity contribution in [3.05, 3.63) is 29.7 Å². The third kappa shape index (κ3) is 4.55. The molecular formula is C17H26N2O2. The van der Waals surface area contributed by atoms with Gasteiger partial charge in [0.25, 0.3) is 0 Å². The highest BCUT2D eigenvalue weighted by Gasteiger charge is 2.16. The van der Waals surface area contributed by atoms with Gasteiger partial charge in [0, 0.05) is 12.0 Å². The van der Waals surface area contributed by atoms with Crippen molar-refractivity contribution in [1.29, 1.82) is 0 Å². The van der Waals surface area contributed by atoms with Crippen molar-refractivity contribution >= 4 is 11.1 Å². The molecule has 0 amide bonds. The minimum atomic E-state index is -0.524. The van der Waals surface area contributed by atoms with E-state index in [4.69, 9.17) is 10.2 Å². The summed E-state index contributed by atoms with van der Waals surface area (Å²) in [5.41, 5.74) is 8.39. The topological polar surface area (TPSA) is 72.3 Å². The van der Waals surface area contributed by atoms with Crippen LogP contribution in [-0.4, -0.2) is 22.2 Å². The summed E-state index contributed by atoms with van der Waals surface area (Å²) < 4.78 is 5.76. The molecule has 0 aliphatic heterocycles. The van der Waals surface area contributed by atoms with Gasteiger partial charge in [-0.2, -0.15) is 0 Å². The van der Waals surface area contributed by atoms with Gasteiger partial charge in [-0.15, -0.1) is 0 Å². The van der Waals surface area contributed by atoms with Gasteiger partial charge in [0.2, 0.25) is 0 Å². The summed E-state index contributed by atoms with van der Waals surface area (Å²) in [7, 11) is 0. The smallest absolute Gasteiger partial charge is 0.195 e. The fourth-order valence-corrected chi connectivity index (χ4v) is 2.32. The summed E-state index contributed by atoms with van der Waals surface area (Å²) in [5.74, 6) is 0.828. The predicted octanol–water partition coefficient (Wildman–Crippen LogP) is 3.20. The first-order chi connectivity index (χ1) is 10.0. The van der Waals surface area contributed by atoms with Crippen LogP contribution in [0.2, 0.25) is 0 Å². The molecule has 0 saturated carbocycles. The number of benzene rings is 1. The van der Waals surface area contributed by atoms with Crippen LogP contribution in [0.15, 0.2) is 22.6 Å². The zero-order chi connectivity index (χ0) is 15.3. The highest BCUT2D eigenvalue weighted by Crippen LogP contribution is 2.20. The molecule has 0 fully saturated rings. The van der Waals surface area contributed by atoms with E-state index in [1.807, 2.05) is 13.0 Å². The fourth-order valence-electron chi connectivity index (χ4n) is 2.32. The number of hydrogen-bond donors (Lipinski definition) is 2. The van der Waals surface area contributed by atoms with Crippen LogP contribution in [0.3, 0.4) is 0 Å². The van der Waals surface area contributed by atoms with E-state index >= 15 is 0 Å². The number of aliphatic hydroxyl groups is 1.